The van der Waals surface area contributed by atoms with Gasteiger partial charge in [0.05, 0.1) is 12.7 Å². The number of hydrogen-bond donors (Lipinski definition) is 1. The summed E-state index contributed by atoms with van der Waals surface area (Å²) in [7, 11) is 1.65. The average Bonchev–Trinajstić information content (AvgIpc) is 3.23. The van der Waals surface area contributed by atoms with Crippen LogP contribution in [0.3, 0.4) is 0 Å². The predicted molar refractivity (Wildman–Crippen MR) is 104 cm³/mol. The minimum Gasteiger partial charge on any atom is -0.497 e. The van der Waals surface area contributed by atoms with Gasteiger partial charge in [0.1, 0.15) is 5.75 Å². The lowest BCUT2D eigenvalue weighted by Crippen LogP contribution is -2.33. The van der Waals surface area contributed by atoms with Gasteiger partial charge in [-0.25, -0.2) is 0 Å². The molecule has 2 heterocycles. The zero-order valence-corrected chi connectivity index (χ0v) is 15.6. The molecule has 3 unspecified atom stereocenters. The number of likely N-dealkylation sites (tertiary alicyclic amines) is 1. The number of carbonyl (C=O) groups is 1. The highest BCUT2D eigenvalue weighted by Crippen LogP contribution is 2.37. The quantitative estimate of drug-likeness (QED) is 0.898. The van der Waals surface area contributed by atoms with Crippen LogP contribution in [-0.4, -0.2) is 42.0 Å². The largest absolute Gasteiger partial charge is 0.497 e. The fraction of sp³-hybridized carbons (Fsp3) is 0.400. The molecule has 4 rings (SSSR count). The number of halogens is 1. The standard InChI is InChI=1S/C20H23N3O2.ClH/c1-25-17-5-2-13(3-6-17)15-8-16(10-22-9-15)20(24)23-11-14-4-7-19(21)18(14)12-23;/h2-3,5-6,8-10,14,18-19H,4,7,11-12,21H2,1H3;1H. The average molecular weight is 374 g/mol. The van der Waals surface area contributed by atoms with Gasteiger partial charge in [-0.15, -0.1) is 12.4 Å². The van der Waals surface area contributed by atoms with Crippen molar-refractivity contribution in [3.05, 3.63) is 48.3 Å². The molecule has 1 amide bonds. The molecule has 5 nitrogen and oxygen atoms in total. The molecule has 1 saturated carbocycles. The van der Waals surface area contributed by atoms with Gasteiger partial charge in [0.25, 0.3) is 5.91 Å². The van der Waals surface area contributed by atoms with E-state index in [0.29, 0.717) is 17.4 Å². The van der Waals surface area contributed by atoms with Crippen molar-refractivity contribution in [1.82, 2.24) is 9.88 Å². The van der Waals surface area contributed by atoms with Crippen LogP contribution in [0.15, 0.2) is 42.7 Å². The molecule has 0 spiro atoms. The molecule has 2 fully saturated rings. The summed E-state index contributed by atoms with van der Waals surface area (Å²) < 4.78 is 5.19. The predicted octanol–water partition coefficient (Wildman–Crippen LogP) is 2.99. The van der Waals surface area contributed by atoms with E-state index in [1.54, 1.807) is 19.5 Å². The van der Waals surface area contributed by atoms with E-state index in [-0.39, 0.29) is 24.4 Å². The van der Waals surface area contributed by atoms with Gasteiger partial charge in [-0.3, -0.25) is 9.78 Å². The minimum absolute atomic E-state index is 0. The van der Waals surface area contributed by atoms with Crippen molar-refractivity contribution in [3.63, 3.8) is 0 Å². The molecule has 26 heavy (non-hydrogen) atoms. The van der Waals surface area contributed by atoms with Gasteiger partial charge in [-0.2, -0.15) is 0 Å². The van der Waals surface area contributed by atoms with E-state index in [2.05, 4.69) is 4.98 Å². The Morgan fingerprint density at radius 3 is 2.62 bits per heavy atom. The van der Waals surface area contributed by atoms with Gasteiger partial charge in [0, 0.05) is 37.1 Å². The zero-order valence-electron chi connectivity index (χ0n) is 14.8. The first-order chi connectivity index (χ1) is 12.2. The SMILES string of the molecule is COc1ccc(-c2cncc(C(=O)N3CC4CCC(N)C4C3)c2)cc1.Cl. The molecule has 6 heteroatoms. The van der Waals surface area contributed by atoms with Gasteiger partial charge >= 0.3 is 0 Å². The topological polar surface area (TPSA) is 68.5 Å². The zero-order chi connectivity index (χ0) is 17.4. The molecule has 1 aromatic heterocycles. The molecular formula is C20H24ClN3O2. The molecule has 2 aromatic rings. The molecular weight excluding hydrogens is 350 g/mol. The number of aromatic nitrogens is 1. The summed E-state index contributed by atoms with van der Waals surface area (Å²) in [4.78, 5) is 19.1. The van der Waals surface area contributed by atoms with Crippen molar-refractivity contribution in [2.75, 3.05) is 20.2 Å². The van der Waals surface area contributed by atoms with Crippen molar-refractivity contribution >= 4 is 18.3 Å². The van der Waals surface area contributed by atoms with Crippen molar-refractivity contribution in [3.8, 4) is 16.9 Å². The summed E-state index contributed by atoms with van der Waals surface area (Å²) in [5, 5.41) is 0. The molecule has 0 radical (unpaired) electrons. The third kappa shape index (κ3) is 3.41. The molecule has 1 saturated heterocycles. The summed E-state index contributed by atoms with van der Waals surface area (Å²) >= 11 is 0. The Kier molecular flexibility index (Phi) is 5.49. The Morgan fingerprint density at radius 1 is 1.15 bits per heavy atom. The lowest BCUT2D eigenvalue weighted by Gasteiger charge is -2.19. The van der Waals surface area contributed by atoms with Gasteiger partial charge in [-0.1, -0.05) is 12.1 Å². The number of nitrogens with two attached hydrogens (primary N) is 1. The lowest BCUT2D eigenvalue weighted by atomic mass is 9.98. The number of methoxy groups -OCH3 is 1. The van der Waals surface area contributed by atoms with Gasteiger partial charge < -0.3 is 15.4 Å². The number of benzene rings is 1. The van der Waals surface area contributed by atoms with Crippen LogP contribution in [0, 0.1) is 11.8 Å². The van der Waals surface area contributed by atoms with E-state index >= 15 is 0 Å². The van der Waals surface area contributed by atoms with E-state index in [1.165, 1.54) is 0 Å². The van der Waals surface area contributed by atoms with Crippen LogP contribution in [0.2, 0.25) is 0 Å². The first-order valence-electron chi connectivity index (χ1n) is 8.80. The first-order valence-corrected chi connectivity index (χ1v) is 8.80. The fourth-order valence-electron chi connectivity index (χ4n) is 4.15. The van der Waals surface area contributed by atoms with Gasteiger partial charge in [0.2, 0.25) is 0 Å². The number of ether oxygens (including phenoxy) is 1. The van der Waals surface area contributed by atoms with Gasteiger partial charge in [-0.05, 0) is 48.4 Å². The molecule has 1 aliphatic carbocycles. The third-order valence-corrected chi connectivity index (χ3v) is 5.61. The summed E-state index contributed by atoms with van der Waals surface area (Å²) in [6.07, 6.45) is 5.67. The monoisotopic (exact) mass is 373 g/mol. The first kappa shape index (κ1) is 18.7. The molecule has 0 bridgehead atoms. The van der Waals surface area contributed by atoms with Crippen molar-refractivity contribution in [1.29, 1.82) is 0 Å². The van der Waals surface area contributed by atoms with E-state index in [0.717, 1.165) is 42.8 Å². The second kappa shape index (κ2) is 7.64. The highest BCUT2D eigenvalue weighted by Gasteiger charge is 2.42. The number of carbonyl (C=O) groups excluding carboxylic acids is 1. The van der Waals surface area contributed by atoms with Crippen LogP contribution in [0.1, 0.15) is 23.2 Å². The van der Waals surface area contributed by atoms with Gasteiger partial charge in [0.15, 0.2) is 0 Å². The Morgan fingerprint density at radius 2 is 1.92 bits per heavy atom. The Bertz CT molecular complexity index is 781. The normalized spacial score (nSPS) is 24.1. The number of fused-ring (bicyclic) bond motifs is 1. The summed E-state index contributed by atoms with van der Waals surface area (Å²) in [6.45, 7) is 1.60. The smallest absolute Gasteiger partial charge is 0.255 e. The maximum atomic E-state index is 12.9. The van der Waals surface area contributed by atoms with Crippen molar-refractivity contribution < 1.29 is 9.53 Å². The fourth-order valence-corrected chi connectivity index (χ4v) is 4.15. The number of hydrogen-bond acceptors (Lipinski definition) is 4. The molecule has 2 aliphatic rings. The summed E-state index contributed by atoms with van der Waals surface area (Å²) in [5.41, 5.74) is 8.78. The Hall–Kier alpha value is -2.11. The van der Waals surface area contributed by atoms with Crippen LogP contribution in [0.4, 0.5) is 0 Å². The second-order valence-corrected chi connectivity index (χ2v) is 7.07. The minimum atomic E-state index is 0. The van der Waals surface area contributed by atoms with E-state index in [4.69, 9.17) is 10.5 Å². The Labute approximate surface area is 160 Å². The summed E-state index contributed by atoms with van der Waals surface area (Å²) in [6, 6.07) is 9.93. The molecule has 2 N–H and O–H groups in total. The summed E-state index contributed by atoms with van der Waals surface area (Å²) in [5.74, 6) is 1.90. The van der Waals surface area contributed by atoms with E-state index in [1.807, 2.05) is 35.2 Å². The maximum absolute atomic E-state index is 12.9. The number of amides is 1. The highest BCUT2D eigenvalue weighted by atomic mass is 35.5. The Balaban J connectivity index is 0.00000196. The third-order valence-electron chi connectivity index (χ3n) is 5.61. The van der Waals surface area contributed by atoms with Crippen molar-refractivity contribution in [2.45, 2.75) is 18.9 Å². The van der Waals surface area contributed by atoms with Crippen molar-refractivity contribution in [2.24, 2.45) is 17.6 Å². The van der Waals surface area contributed by atoms with Crippen LogP contribution in [0.5, 0.6) is 5.75 Å². The van der Waals surface area contributed by atoms with Crippen LogP contribution in [-0.2, 0) is 0 Å². The van der Waals surface area contributed by atoms with Crippen LogP contribution >= 0.6 is 12.4 Å². The molecule has 1 aliphatic heterocycles. The molecule has 3 atom stereocenters. The van der Waals surface area contributed by atoms with Crippen LogP contribution < -0.4 is 10.5 Å². The lowest BCUT2D eigenvalue weighted by molar-refractivity contribution is 0.0779. The van der Waals surface area contributed by atoms with Crippen LogP contribution in [0.25, 0.3) is 11.1 Å². The molecule has 138 valence electrons. The van der Waals surface area contributed by atoms with E-state index in [9.17, 15) is 4.79 Å². The maximum Gasteiger partial charge on any atom is 0.255 e. The number of rotatable bonds is 3. The number of pyridine rings is 1. The molecule has 1 aromatic carbocycles. The highest BCUT2D eigenvalue weighted by molar-refractivity contribution is 5.95. The van der Waals surface area contributed by atoms with E-state index < -0.39 is 0 Å². The number of nitrogens with zero attached hydrogens (tertiary/aromatic N) is 2. The second-order valence-electron chi connectivity index (χ2n) is 7.07.